The summed E-state index contributed by atoms with van der Waals surface area (Å²) in [5, 5.41) is 7.53. The molecule has 1 aromatic carbocycles. The largest absolute Gasteiger partial charge is 0.400 e. The standard InChI is InChI=1S/C10H15NOSi/c11-13(9-5-4-8-12-13)10-6-2-1-3-7-10/h1-3,6-7H,4-5,8-9,11H2. The molecule has 2 rings (SSSR count). The van der Waals surface area contributed by atoms with Gasteiger partial charge in [-0.25, -0.2) is 0 Å². The molecule has 1 atom stereocenters. The van der Waals surface area contributed by atoms with Gasteiger partial charge < -0.3 is 9.83 Å². The number of hydrogen-bond acceptors (Lipinski definition) is 2. The van der Waals surface area contributed by atoms with E-state index >= 15 is 0 Å². The molecule has 1 aliphatic heterocycles. The minimum atomic E-state index is -2.01. The van der Waals surface area contributed by atoms with Gasteiger partial charge in [-0.15, -0.1) is 0 Å². The van der Waals surface area contributed by atoms with Gasteiger partial charge in [-0.1, -0.05) is 30.3 Å². The van der Waals surface area contributed by atoms with Gasteiger partial charge in [0.15, 0.2) is 0 Å². The molecule has 0 saturated carbocycles. The summed E-state index contributed by atoms with van der Waals surface area (Å²) in [6.45, 7) is 0.845. The fraction of sp³-hybridized carbons (Fsp3) is 0.400. The van der Waals surface area contributed by atoms with Gasteiger partial charge in [0.2, 0.25) is 0 Å². The number of rotatable bonds is 1. The highest BCUT2D eigenvalue weighted by atomic mass is 28.4. The van der Waals surface area contributed by atoms with Crippen molar-refractivity contribution in [2.45, 2.75) is 18.9 Å². The summed E-state index contributed by atoms with van der Waals surface area (Å²) < 4.78 is 5.77. The first-order chi connectivity index (χ1) is 6.31. The first-order valence-electron chi connectivity index (χ1n) is 4.80. The summed E-state index contributed by atoms with van der Waals surface area (Å²) in [6, 6.07) is 11.3. The minimum absolute atomic E-state index is 0.845. The molecule has 1 aliphatic rings. The summed E-state index contributed by atoms with van der Waals surface area (Å²) in [5.74, 6) is 0. The first kappa shape index (κ1) is 8.93. The normalized spacial score (nSPS) is 28.7. The molecule has 3 heteroatoms. The highest BCUT2D eigenvalue weighted by molar-refractivity contribution is 6.83. The van der Waals surface area contributed by atoms with Crippen LogP contribution in [0.1, 0.15) is 12.8 Å². The monoisotopic (exact) mass is 193 g/mol. The van der Waals surface area contributed by atoms with Gasteiger partial charge in [-0.05, 0) is 24.1 Å². The minimum Gasteiger partial charge on any atom is -0.400 e. The van der Waals surface area contributed by atoms with Crippen molar-refractivity contribution in [1.82, 2.24) is 0 Å². The molecule has 0 spiro atoms. The van der Waals surface area contributed by atoms with Crippen LogP contribution in [0.15, 0.2) is 30.3 Å². The van der Waals surface area contributed by atoms with Crippen LogP contribution in [0.3, 0.4) is 0 Å². The van der Waals surface area contributed by atoms with Crippen molar-refractivity contribution in [1.29, 1.82) is 0 Å². The van der Waals surface area contributed by atoms with Crippen molar-refractivity contribution < 1.29 is 4.43 Å². The Kier molecular flexibility index (Phi) is 2.48. The Balaban J connectivity index is 2.23. The zero-order chi connectivity index (χ0) is 9.15. The van der Waals surface area contributed by atoms with Crippen molar-refractivity contribution in [2.75, 3.05) is 6.61 Å². The Bertz CT molecular complexity index is 270. The van der Waals surface area contributed by atoms with Crippen LogP contribution in [0.4, 0.5) is 0 Å². The molecule has 2 N–H and O–H groups in total. The molecular formula is C10H15NOSi. The second-order valence-electron chi connectivity index (χ2n) is 3.56. The Morgan fingerprint density at radius 3 is 2.54 bits per heavy atom. The van der Waals surface area contributed by atoms with Crippen LogP contribution in [0.25, 0.3) is 0 Å². The van der Waals surface area contributed by atoms with Crippen LogP contribution in [-0.2, 0) is 4.43 Å². The molecular weight excluding hydrogens is 178 g/mol. The van der Waals surface area contributed by atoms with Gasteiger partial charge in [-0.3, -0.25) is 0 Å². The van der Waals surface area contributed by atoms with E-state index in [-0.39, 0.29) is 0 Å². The average Bonchev–Trinajstić information content (AvgIpc) is 2.20. The molecule has 13 heavy (non-hydrogen) atoms. The maximum absolute atomic E-state index is 6.30. The van der Waals surface area contributed by atoms with Crippen LogP contribution in [0.5, 0.6) is 0 Å². The zero-order valence-electron chi connectivity index (χ0n) is 7.70. The number of benzene rings is 1. The van der Waals surface area contributed by atoms with E-state index in [4.69, 9.17) is 9.83 Å². The molecule has 0 amide bonds. The molecule has 1 aromatic rings. The van der Waals surface area contributed by atoms with Gasteiger partial charge in [0.25, 0.3) is 8.48 Å². The molecule has 0 aromatic heterocycles. The summed E-state index contributed by atoms with van der Waals surface area (Å²) >= 11 is 0. The Morgan fingerprint density at radius 1 is 1.15 bits per heavy atom. The fourth-order valence-electron chi connectivity index (χ4n) is 1.76. The van der Waals surface area contributed by atoms with Crippen molar-refractivity contribution in [2.24, 2.45) is 5.40 Å². The van der Waals surface area contributed by atoms with E-state index in [9.17, 15) is 0 Å². The number of nitrogens with two attached hydrogens (primary N) is 1. The third-order valence-corrected chi connectivity index (χ3v) is 5.69. The Morgan fingerprint density at radius 2 is 1.92 bits per heavy atom. The molecule has 0 aliphatic carbocycles. The number of hydrogen-bond donors (Lipinski definition) is 1. The molecule has 2 nitrogen and oxygen atoms in total. The van der Waals surface area contributed by atoms with E-state index in [1.807, 2.05) is 18.2 Å². The van der Waals surface area contributed by atoms with Crippen LogP contribution in [-0.4, -0.2) is 15.1 Å². The predicted octanol–water partition coefficient (Wildman–Crippen LogP) is 1.10. The van der Waals surface area contributed by atoms with Gasteiger partial charge >= 0.3 is 0 Å². The topological polar surface area (TPSA) is 35.2 Å². The van der Waals surface area contributed by atoms with E-state index in [0.717, 1.165) is 12.7 Å². The first-order valence-corrected chi connectivity index (χ1v) is 6.99. The second-order valence-corrected chi connectivity index (χ2v) is 6.71. The molecule has 1 heterocycles. The highest BCUT2D eigenvalue weighted by Crippen LogP contribution is 2.16. The van der Waals surface area contributed by atoms with Crippen LogP contribution in [0.2, 0.25) is 6.04 Å². The summed E-state index contributed by atoms with van der Waals surface area (Å²) in [5.41, 5.74) is 0. The summed E-state index contributed by atoms with van der Waals surface area (Å²) in [4.78, 5) is 0. The maximum Gasteiger partial charge on any atom is 0.299 e. The quantitative estimate of drug-likeness (QED) is 0.678. The van der Waals surface area contributed by atoms with Gasteiger partial charge in [0.1, 0.15) is 0 Å². The predicted molar refractivity (Wildman–Crippen MR) is 56.0 cm³/mol. The van der Waals surface area contributed by atoms with Crippen LogP contribution < -0.4 is 10.6 Å². The molecule has 0 radical (unpaired) electrons. The lowest BCUT2D eigenvalue weighted by atomic mass is 10.3. The lowest BCUT2D eigenvalue weighted by Crippen LogP contribution is -2.61. The fourth-order valence-corrected chi connectivity index (χ4v) is 4.40. The van der Waals surface area contributed by atoms with Crippen LogP contribution >= 0.6 is 0 Å². The summed E-state index contributed by atoms with van der Waals surface area (Å²) in [7, 11) is -2.01. The highest BCUT2D eigenvalue weighted by Gasteiger charge is 2.34. The molecule has 70 valence electrons. The van der Waals surface area contributed by atoms with Crippen molar-refractivity contribution >= 4 is 13.7 Å². The van der Waals surface area contributed by atoms with E-state index in [1.165, 1.54) is 18.0 Å². The SMILES string of the molecule is N[Si]1(c2ccccc2)CCCCO1. The van der Waals surface area contributed by atoms with E-state index in [1.54, 1.807) is 0 Å². The molecule has 0 bridgehead atoms. The Labute approximate surface area is 79.9 Å². The average molecular weight is 193 g/mol. The second kappa shape index (κ2) is 3.62. The van der Waals surface area contributed by atoms with Gasteiger partial charge in [-0.2, -0.15) is 0 Å². The molecule has 1 fully saturated rings. The van der Waals surface area contributed by atoms with E-state index in [0.29, 0.717) is 0 Å². The summed E-state index contributed by atoms with van der Waals surface area (Å²) in [6.07, 6.45) is 2.39. The smallest absolute Gasteiger partial charge is 0.299 e. The lowest BCUT2D eigenvalue weighted by molar-refractivity contribution is 0.276. The van der Waals surface area contributed by atoms with E-state index in [2.05, 4.69) is 12.1 Å². The Hall–Kier alpha value is -0.643. The van der Waals surface area contributed by atoms with Crippen molar-refractivity contribution in [3.05, 3.63) is 30.3 Å². The van der Waals surface area contributed by atoms with Gasteiger partial charge in [0, 0.05) is 6.61 Å². The third kappa shape index (κ3) is 1.82. The molecule has 1 unspecified atom stereocenters. The zero-order valence-corrected chi connectivity index (χ0v) is 8.70. The van der Waals surface area contributed by atoms with Crippen molar-refractivity contribution in [3.8, 4) is 0 Å². The molecule has 1 saturated heterocycles. The van der Waals surface area contributed by atoms with Crippen LogP contribution in [0, 0.1) is 0 Å². The maximum atomic E-state index is 6.30. The van der Waals surface area contributed by atoms with E-state index < -0.39 is 8.48 Å². The lowest BCUT2D eigenvalue weighted by Gasteiger charge is -2.30. The van der Waals surface area contributed by atoms with Gasteiger partial charge in [0.05, 0.1) is 0 Å². The van der Waals surface area contributed by atoms with Crippen molar-refractivity contribution in [3.63, 3.8) is 0 Å². The third-order valence-electron chi connectivity index (χ3n) is 2.56.